The van der Waals surface area contributed by atoms with Gasteiger partial charge < -0.3 is 9.47 Å². The molecule has 8 heteroatoms. The van der Waals surface area contributed by atoms with E-state index in [1.807, 2.05) is 0 Å². The van der Waals surface area contributed by atoms with Crippen LogP contribution >= 0.6 is 0 Å². The third kappa shape index (κ3) is 5.02. The Morgan fingerprint density at radius 3 is 2.05 bits per heavy atom. The van der Waals surface area contributed by atoms with Crippen molar-refractivity contribution in [2.24, 2.45) is 0 Å². The first kappa shape index (κ1) is 16.2. The predicted octanol–water partition coefficient (Wildman–Crippen LogP) is 4.61. The van der Waals surface area contributed by atoms with E-state index in [0.29, 0.717) is 0 Å². The molecule has 0 aliphatic heterocycles. The number of hydrogen-bond acceptors (Lipinski definition) is 2. The van der Waals surface area contributed by atoms with Crippen LogP contribution in [-0.4, -0.2) is 12.7 Å². The van der Waals surface area contributed by atoms with E-state index in [1.165, 1.54) is 13.0 Å². The molecule has 0 fully saturated rings. The second-order valence-electron chi connectivity index (χ2n) is 3.64. The molecule has 0 amide bonds. The summed E-state index contributed by atoms with van der Waals surface area (Å²) in [5.41, 5.74) is -0.195. The molecule has 0 heterocycles. The lowest BCUT2D eigenvalue weighted by Gasteiger charge is -2.17. The topological polar surface area (TPSA) is 18.5 Å². The lowest BCUT2D eigenvalue weighted by Crippen LogP contribution is -2.19. The summed E-state index contributed by atoms with van der Waals surface area (Å²) in [6, 6.07) is 2.27. The Bertz CT molecular complexity index is 478. The zero-order chi connectivity index (χ0) is 15.6. The highest BCUT2D eigenvalue weighted by Crippen LogP contribution is 2.35. The van der Waals surface area contributed by atoms with E-state index >= 15 is 0 Å². The van der Waals surface area contributed by atoms with Crippen LogP contribution < -0.4 is 9.47 Å². The van der Waals surface area contributed by atoms with E-state index in [1.54, 1.807) is 0 Å². The van der Waals surface area contributed by atoms with Crippen LogP contribution in [0.5, 0.6) is 11.5 Å². The summed E-state index contributed by atoms with van der Waals surface area (Å²) in [5.74, 6) is -1.08. The Kier molecular flexibility index (Phi) is 4.57. The first-order valence-corrected chi connectivity index (χ1v) is 5.14. The average molecular weight is 299 g/mol. The highest BCUT2D eigenvalue weighted by molar-refractivity contribution is 5.50. The van der Waals surface area contributed by atoms with Crippen molar-refractivity contribution in [2.75, 3.05) is 0 Å². The normalized spacial score (nSPS) is 12.4. The van der Waals surface area contributed by atoms with E-state index in [0.717, 1.165) is 18.2 Å². The predicted molar refractivity (Wildman–Crippen MR) is 58.0 cm³/mol. The van der Waals surface area contributed by atoms with Gasteiger partial charge in [-0.1, -0.05) is 13.0 Å². The standard InChI is InChI=1S/C12H9F6O2/c1-3-7(2)9-6-8(19-11(13,14)15)4-5-10(9)20-12(16,17)18/h3-6H,1H2,2H3. The molecule has 0 N–H and O–H groups in total. The SMILES string of the molecule is C=C[C](C)c1cc(OC(F)(F)F)ccc1OC(F)(F)F. The molecule has 2 nitrogen and oxygen atoms in total. The Hall–Kier alpha value is -1.86. The summed E-state index contributed by atoms with van der Waals surface area (Å²) in [6.07, 6.45) is -8.70. The second kappa shape index (κ2) is 5.64. The molecule has 1 aromatic rings. The number of rotatable bonds is 4. The van der Waals surface area contributed by atoms with Crippen LogP contribution in [-0.2, 0) is 0 Å². The molecule has 0 atom stereocenters. The fraction of sp³-hybridized carbons (Fsp3) is 0.250. The van der Waals surface area contributed by atoms with E-state index < -0.39 is 24.2 Å². The summed E-state index contributed by atoms with van der Waals surface area (Å²) in [7, 11) is 0. The van der Waals surface area contributed by atoms with Crippen molar-refractivity contribution < 1.29 is 35.8 Å². The van der Waals surface area contributed by atoms with Crippen LogP contribution in [0, 0.1) is 5.92 Å². The van der Waals surface area contributed by atoms with E-state index in [4.69, 9.17) is 0 Å². The Balaban J connectivity index is 3.16. The van der Waals surface area contributed by atoms with E-state index in [2.05, 4.69) is 16.1 Å². The largest absolute Gasteiger partial charge is 0.573 e. The number of hydrogen-bond donors (Lipinski definition) is 0. The van der Waals surface area contributed by atoms with Gasteiger partial charge >= 0.3 is 12.7 Å². The Labute approximate surface area is 110 Å². The van der Waals surface area contributed by atoms with Crippen molar-refractivity contribution in [3.63, 3.8) is 0 Å². The average Bonchev–Trinajstić information content (AvgIpc) is 2.26. The number of allylic oxidation sites excluding steroid dienone is 1. The van der Waals surface area contributed by atoms with Gasteiger partial charge in [-0.3, -0.25) is 0 Å². The minimum atomic E-state index is -4.96. The van der Waals surface area contributed by atoms with Crippen molar-refractivity contribution in [2.45, 2.75) is 19.6 Å². The van der Waals surface area contributed by atoms with E-state index in [9.17, 15) is 26.3 Å². The van der Waals surface area contributed by atoms with Gasteiger partial charge in [-0.05, 0) is 18.2 Å². The fourth-order valence-electron chi connectivity index (χ4n) is 1.34. The first-order chi connectivity index (χ1) is 9.02. The van der Waals surface area contributed by atoms with Crippen LogP contribution in [0.15, 0.2) is 30.9 Å². The highest BCUT2D eigenvalue weighted by Gasteiger charge is 2.34. The molecular weight excluding hydrogens is 290 g/mol. The van der Waals surface area contributed by atoms with Gasteiger partial charge in [-0.2, -0.15) is 0 Å². The van der Waals surface area contributed by atoms with Gasteiger partial charge in [0.1, 0.15) is 11.5 Å². The third-order valence-electron chi connectivity index (χ3n) is 2.14. The number of halogens is 6. The molecule has 111 valence electrons. The van der Waals surface area contributed by atoms with Gasteiger partial charge in [0.2, 0.25) is 0 Å². The van der Waals surface area contributed by atoms with Crippen molar-refractivity contribution in [3.05, 3.63) is 42.3 Å². The fourth-order valence-corrected chi connectivity index (χ4v) is 1.34. The molecule has 0 bridgehead atoms. The van der Waals surface area contributed by atoms with Crippen LogP contribution in [0.4, 0.5) is 26.3 Å². The van der Waals surface area contributed by atoms with Gasteiger partial charge in [0, 0.05) is 11.5 Å². The molecule has 0 saturated carbocycles. The lowest BCUT2D eigenvalue weighted by molar-refractivity contribution is -0.277. The Morgan fingerprint density at radius 2 is 1.60 bits per heavy atom. The molecule has 0 unspecified atom stereocenters. The molecule has 0 spiro atoms. The molecule has 0 aliphatic carbocycles. The summed E-state index contributed by atoms with van der Waals surface area (Å²) in [4.78, 5) is 0. The van der Waals surface area contributed by atoms with Gasteiger partial charge in [-0.25, -0.2) is 0 Å². The summed E-state index contributed by atoms with van der Waals surface area (Å²) in [5, 5.41) is 0. The van der Waals surface area contributed by atoms with Gasteiger partial charge in [0.25, 0.3) is 0 Å². The molecule has 1 aromatic carbocycles. The smallest absolute Gasteiger partial charge is 0.406 e. The highest BCUT2D eigenvalue weighted by atomic mass is 19.4. The van der Waals surface area contributed by atoms with E-state index in [-0.39, 0.29) is 11.5 Å². The van der Waals surface area contributed by atoms with Crippen molar-refractivity contribution in [1.29, 1.82) is 0 Å². The molecular formula is C12H9F6O2. The monoisotopic (exact) mass is 299 g/mol. The summed E-state index contributed by atoms with van der Waals surface area (Å²) >= 11 is 0. The zero-order valence-corrected chi connectivity index (χ0v) is 10.1. The van der Waals surface area contributed by atoms with Gasteiger partial charge in [0.05, 0.1) is 0 Å². The number of alkyl halides is 6. The number of benzene rings is 1. The third-order valence-corrected chi connectivity index (χ3v) is 2.14. The summed E-state index contributed by atoms with van der Waals surface area (Å²) in [6.45, 7) is 4.72. The number of ether oxygens (including phenoxy) is 2. The van der Waals surface area contributed by atoms with Crippen LogP contribution in [0.3, 0.4) is 0 Å². The minimum Gasteiger partial charge on any atom is -0.406 e. The van der Waals surface area contributed by atoms with Crippen molar-refractivity contribution in [1.82, 2.24) is 0 Å². The molecule has 0 aliphatic rings. The maximum absolute atomic E-state index is 12.2. The van der Waals surface area contributed by atoms with Gasteiger partial charge in [-0.15, -0.1) is 32.9 Å². The lowest BCUT2D eigenvalue weighted by atomic mass is 10.00. The second-order valence-corrected chi connectivity index (χ2v) is 3.64. The maximum atomic E-state index is 12.2. The zero-order valence-electron chi connectivity index (χ0n) is 10.1. The van der Waals surface area contributed by atoms with Crippen LogP contribution in [0.2, 0.25) is 0 Å². The Morgan fingerprint density at radius 1 is 1.05 bits per heavy atom. The molecule has 20 heavy (non-hydrogen) atoms. The first-order valence-electron chi connectivity index (χ1n) is 5.14. The summed E-state index contributed by atoms with van der Waals surface area (Å²) < 4.78 is 80.2. The molecule has 1 rings (SSSR count). The van der Waals surface area contributed by atoms with Crippen molar-refractivity contribution in [3.8, 4) is 11.5 Å². The quantitative estimate of drug-likeness (QED) is 0.756. The molecule has 0 aromatic heterocycles. The minimum absolute atomic E-state index is 0.195. The van der Waals surface area contributed by atoms with Crippen LogP contribution in [0.1, 0.15) is 12.5 Å². The maximum Gasteiger partial charge on any atom is 0.573 e. The molecule has 0 saturated heterocycles. The van der Waals surface area contributed by atoms with Crippen LogP contribution in [0.25, 0.3) is 0 Å². The van der Waals surface area contributed by atoms with Gasteiger partial charge in [0.15, 0.2) is 0 Å². The van der Waals surface area contributed by atoms with Crippen molar-refractivity contribution >= 4 is 0 Å². The molecule has 1 radical (unpaired) electrons.